The van der Waals surface area contributed by atoms with Crippen molar-refractivity contribution in [2.75, 3.05) is 6.54 Å². The molecule has 1 N–H and O–H groups in total. The van der Waals surface area contributed by atoms with E-state index in [1.54, 1.807) is 11.8 Å². The maximum absolute atomic E-state index is 4.07. The number of hydrogen-bond acceptors (Lipinski definition) is 3. The number of benzene rings is 1. The largest absolute Gasteiger partial charge is 0.312 e. The van der Waals surface area contributed by atoms with Crippen LogP contribution in [0.4, 0.5) is 0 Å². The second kappa shape index (κ2) is 7.46. The summed E-state index contributed by atoms with van der Waals surface area (Å²) in [5.74, 6) is 0.677. The number of hydrogen-bond donors (Lipinski definition) is 1. The van der Waals surface area contributed by atoms with Crippen molar-refractivity contribution in [1.82, 2.24) is 10.3 Å². The summed E-state index contributed by atoms with van der Waals surface area (Å²) < 4.78 is 0. The monoisotopic (exact) mass is 286 g/mol. The summed E-state index contributed by atoms with van der Waals surface area (Å²) in [6.45, 7) is 8.58. The Hall–Kier alpha value is -1.32. The van der Waals surface area contributed by atoms with Gasteiger partial charge in [0.25, 0.3) is 0 Å². The molecule has 2 nitrogen and oxygen atoms in total. The van der Waals surface area contributed by atoms with Crippen molar-refractivity contribution in [3.05, 3.63) is 53.9 Å². The molecule has 106 valence electrons. The minimum atomic E-state index is 0.677. The van der Waals surface area contributed by atoms with Gasteiger partial charge in [-0.25, -0.2) is 0 Å². The maximum atomic E-state index is 4.07. The van der Waals surface area contributed by atoms with Crippen LogP contribution in [0.5, 0.6) is 0 Å². The fourth-order valence-corrected chi connectivity index (χ4v) is 2.88. The Morgan fingerprint density at radius 1 is 1.15 bits per heavy atom. The predicted molar refractivity (Wildman–Crippen MR) is 86.1 cm³/mol. The fourth-order valence-electron chi connectivity index (χ4n) is 1.97. The zero-order chi connectivity index (χ0) is 14.4. The van der Waals surface area contributed by atoms with Crippen molar-refractivity contribution >= 4 is 11.8 Å². The lowest BCUT2D eigenvalue weighted by Gasteiger charge is -2.12. The van der Waals surface area contributed by atoms with Gasteiger partial charge in [-0.1, -0.05) is 43.3 Å². The van der Waals surface area contributed by atoms with Gasteiger partial charge in [-0.15, -0.1) is 0 Å². The van der Waals surface area contributed by atoms with Gasteiger partial charge in [-0.2, -0.15) is 0 Å². The molecule has 0 bridgehead atoms. The van der Waals surface area contributed by atoms with E-state index >= 15 is 0 Å². The lowest BCUT2D eigenvalue weighted by molar-refractivity contribution is 0.550. The van der Waals surface area contributed by atoms with Crippen LogP contribution in [0.1, 0.15) is 25.0 Å². The molecule has 0 aliphatic rings. The first-order valence-corrected chi connectivity index (χ1v) is 7.85. The lowest BCUT2D eigenvalue weighted by Crippen LogP contribution is -2.19. The lowest BCUT2D eigenvalue weighted by atomic mass is 10.1. The van der Waals surface area contributed by atoms with Gasteiger partial charge in [-0.3, -0.25) is 4.98 Å². The zero-order valence-corrected chi connectivity index (χ0v) is 13.2. The topological polar surface area (TPSA) is 24.9 Å². The first-order valence-electron chi connectivity index (χ1n) is 7.03. The highest BCUT2D eigenvalue weighted by molar-refractivity contribution is 7.99. The predicted octanol–water partition coefficient (Wildman–Crippen LogP) is 4.29. The van der Waals surface area contributed by atoms with Crippen LogP contribution in [-0.2, 0) is 6.54 Å². The molecule has 0 aliphatic heterocycles. The van der Waals surface area contributed by atoms with Crippen LogP contribution < -0.4 is 5.32 Å². The van der Waals surface area contributed by atoms with E-state index in [4.69, 9.17) is 0 Å². The molecule has 1 aromatic heterocycles. The van der Waals surface area contributed by atoms with E-state index in [1.807, 2.05) is 12.4 Å². The molecule has 0 fully saturated rings. The number of pyridine rings is 1. The van der Waals surface area contributed by atoms with Crippen molar-refractivity contribution in [2.24, 2.45) is 5.92 Å². The van der Waals surface area contributed by atoms with E-state index in [0.717, 1.165) is 13.1 Å². The summed E-state index contributed by atoms with van der Waals surface area (Å²) in [7, 11) is 0. The number of nitrogens with zero attached hydrogens (tertiary/aromatic N) is 1. The molecule has 0 radical (unpaired) electrons. The van der Waals surface area contributed by atoms with Gasteiger partial charge >= 0.3 is 0 Å². The summed E-state index contributed by atoms with van der Waals surface area (Å²) in [6, 6.07) is 10.8. The Labute approximate surface area is 126 Å². The maximum Gasteiger partial charge on any atom is 0.0279 e. The van der Waals surface area contributed by atoms with Crippen LogP contribution in [0, 0.1) is 12.8 Å². The molecule has 3 heteroatoms. The quantitative estimate of drug-likeness (QED) is 0.857. The second-order valence-electron chi connectivity index (χ2n) is 5.42. The van der Waals surface area contributed by atoms with Crippen molar-refractivity contribution in [3.8, 4) is 0 Å². The molecule has 0 unspecified atom stereocenters. The van der Waals surface area contributed by atoms with Crippen molar-refractivity contribution < 1.29 is 0 Å². The van der Waals surface area contributed by atoms with Crippen molar-refractivity contribution in [1.29, 1.82) is 0 Å². The van der Waals surface area contributed by atoms with Gasteiger partial charge in [0.2, 0.25) is 0 Å². The SMILES string of the molecule is Cc1ccc(Sc2ccncc2)c(CNCC(C)C)c1. The summed E-state index contributed by atoms with van der Waals surface area (Å²) >= 11 is 1.80. The summed E-state index contributed by atoms with van der Waals surface area (Å²) in [5, 5.41) is 3.53. The summed E-state index contributed by atoms with van der Waals surface area (Å²) in [6.07, 6.45) is 3.68. The molecule has 0 aliphatic carbocycles. The smallest absolute Gasteiger partial charge is 0.0279 e. The molecule has 0 saturated heterocycles. The number of nitrogens with one attached hydrogen (secondary N) is 1. The molecule has 2 rings (SSSR count). The van der Waals surface area contributed by atoms with Crippen LogP contribution in [0.25, 0.3) is 0 Å². The van der Waals surface area contributed by atoms with Gasteiger partial charge in [0.05, 0.1) is 0 Å². The van der Waals surface area contributed by atoms with E-state index in [9.17, 15) is 0 Å². The Bertz CT molecular complexity index is 538. The van der Waals surface area contributed by atoms with Crippen molar-refractivity contribution in [2.45, 2.75) is 37.1 Å². The third kappa shape index (κ3) is 4.66. The van der Waals surface area contributed by atoms with E-state index in [-0.39, 0.29) is 0 Å². The van der Waals surface area contributed by atoms with Gasteiger partial charge in [0, 0.05) is 28.7 Å². The molecule has 2 aromatic rings. The first kappa shape index (κ1) is 15.1. The van der Waals surface area contributed by atoms with Crippen LogP contribution in [0.15, 0.2) is 52.5 Å². The van der Waals surface area contributed by atoms with E-state index in [2.05, 4.69) is 61.4 Å². The second-order valence-corrected chi connectivity index (χ2v) is 6.54. The molecule has 0 atom stereocenters. The highest BCUT2D eigenvalue weighted by atomic mass is 32.2. The third-order valence-corrected chi connectivity index (χ3v) is 4.09. The Balaban J connectivity index is 2.11. The molecule has 0 amide bonds. The first-order chi connectivity index (χ1) is 9.65. The highest BCUT2D eigenvalue weighted by Gasteiger charge is 2.05. The Morgan fingerprint density at radius 3 is 2.60 bits per heavy atom. The molecule has 20 heavy (non-hydrogen) atoms. The number of rotatable bonds is 6. The highest BCUT2D eigenvalue weighted by Crippen LogP contribution is 2.30. The molecule has 0 spiro atoms. The minimum Gasteiger partial charge on any atom is -0.312 e. The van der Waals surface area contributed by atoms with E-state index in [1.165, 1.54) is 20.9 Å². The standard InChI is InChI=1S/C17H22N2S/c1-13(2)11-19-12-15-10-14(3)4-5-17(15)20-16-6-8-18-9-7-16/h4-10,13,19H,11-12H2,1-3H3. The normalized spacial score (nSPS) is 11.0. The van der Waals surface area contributed by atoms with Crippen LogP contribution in [-0.4, -0.2) is 11.5 Å². The molecular weight excluding hydrogens is 264 g/mol. The molecule has 0 saturated carbocycles. The fraction of sp³-hybridized carbons (Fsp3) is 0.353. The van der Waals surface area contributed by atoms with Gasteiger partial charge in [-0.05, 0) is 43.1 Å². The van der Waals surface area contributed by atoms with E-state index in [0.29, 0.717) is 5.92 Å². The van der Waals surface area contributed by atoms with Gasteiger partial charge < -0.3 is 5.32 Å². The molecule has 1 heterocycles. The van der Waals surface area contributed by atoms with Crippen LogP contribution in [0.2, 0.25) is 0 Å². The summed E-state index contributed by atoms with van der Waals surface area (Å²) in [5.41, 5.74) is 2.68. The Morgan fingerprint density at radius 2 is 1.90 bits per heavy atom. The molecule has 1 aromatic carbocycles. The summed E-state index contributed by atoms with van der Waals surface area (Å²) in [4.78, 5) is 6.62. The van der Waals surface area contributed by atoms with E-state index < -0.39 is 0 Å². The molecular formula is C17H22N2S. The average Bonchev–Trinajstić information content (AvgIpc) is 2.42. The van der Waals surface area contributed by atoms with Gasteiger partial charge in [0.1, 0.15) is 0 Å². The third-order valence-electron chi connectivity index (χ3n) is 2.96. The number of aromatic nitrogens is 1. The van der Waals surface area contributed by atoms with Crippen molar-refractivity contribution in [3.63, 3.8) is 0 Å². The number of aryl methyl sites for hydroxylation is 1. The Kier molecular flexibility index (Phi) is 5.62. The minimum absolute atomic E-state index is 0.677. The van der Waals surface area contributed by atoms with Gasteiger partial charge in [0.15, 0.2) is 0 Å². The zero-order valence-electron chi connectivity index (χ0n) is 12.4. The average molecular weight is 286 g/mol. The van der Waals surface area contributed by atoms with Crippen LogP contribution >= 0.6 is 11.8 Å². The van der Waals surface area contributed by atoms with Crippen LogP contribution in [0.3, 0.4) is 0 Å².